The Bertz CT molecular complexity index is 711. The van der Waals surface area contributed by atoms with Crippen LogP contribution in [-0.2, 0) is 4.79 Å². The van der Waals surface area contributed by atoms with Crippen molar-refractivity contribution in [1.29, 1.82) is 0 Å². The lowest BCUT2D eigenvalue weighted by atomic mass is 10.3. The van der Waals surface area contributed by atoms with Crippen LogP contribution in [0.1, 0.15) is 6.92 Å². The number of nitrogens with two attached hydrogens (primary N) is 1. The van der Waals surface area contributed by atoms with Gasteiger partial charge in [0.05, 0.1) is 10.9 Å². The maximum absolute atomic E-state index is 11.6. The molecule has 1 atom stereocenters. The molecule has 0 aliphatic carbocycles. The number of urea groups is 1. The first kappa shape index (κ1) is 15.7. The summed E-state index contributed by atoms with van der Waals surface area (Å²) in [6, 6.07) is 8.62. The Hall–Kier alpha value is -1.71. The molecule has 1 aromatic carbocycles. The number of amides is 3. The highest BCUT2D eigenvalue weighted by Gasteiger charge is 2.18. The monoisotopic (exact) mass is 340 g/mol. The number of rotatable bonds is 4. The number of para-hydroxylation sites is 1. The van der Waals surface area contributed by atoms with Crippen LogP contribution in [0.5, 0.6) is 0 Å². The van der Waals surface area contributed by atoms with E-state index in [9.17, 15) is 9.59 Å². The fourth-order valence-corrected chi connectivity index (χ4v) is 3.97. The first-order valence-electron chi connectivity index (χ1n) is 5.90. The molecule has 0 fully saturated rings. The molecule has 0 aliphatic heterocycles. The van der Waals surface area contributed by atoms with Gasteiger partial charge >= 0.3 is 6.03 Å². The smallest absolute Gasteiger partial charge is 0.318 e. The Kier molecular flexibility index (Phi) is 5.10. The summed E-state index contributed by atoms with van der Waals surface area (Å²) in [6.07, 6.45) is 0. The van der Waals surface area contributed by atoms with Crippen molar-refractivity contribution in [1.82, 2.24) is 15.1 Å². The molecule has 21 heavy (non-hydrogen) atoms. The number of thioether (sulfide) groups is 1. The molecule has 1 heterocycles. The summed E-state index contributed by atoms with van der Waals surface area (Å²) >= 11 is 7.80. The zero-order valence-electron chi connectivity index (χ0n) is 11.0. The molecular weight excluding hydrogens is 328 g/mol. The summed E-state index contributed by atoms with van der Waals surface area (Å²) in [7, 11) is 0. The fraction of sp³-hybridized carbons (Fsp3) is 0.167. The number of carbonyl (C=O) groups is 2. The van der Waals surface area contributed by atoms with Crippen molar-refractivity contribution in [3.8, 4) is 5.69 Å². The molecule has 0 saturated heterocycles. The second-order valence-corrected chi connectivity index (χ2v) is 7.21. The van der Waals surface area contributed by atoms with Crippen molar-refractivity contribution in [2.75, 3.05) is 0 Å². The molecule has 0 spiro atoms. The van der Waals surface area contributed by atoms with Gasteiger partial charge in [-0.3, -0.25) is 10.1 Å². The van der Waals surface area contributed by atoms with Gasteiger partial charge in [0.25, 0.3) is 0 Å². The minimum absolute atomic E-state index is 0.458. The van der Waals surface area contributed by atoms with Gasteiger partial charge in [0.15, 0.2) is 8.29 Å². The lowest BCUT2D eigenvalue weighted by Gasteiger charge is -2.07. The molecule has 110 valence electrons. The van der Waals surface area contributed by atoms with Gasteiger partial charge < -0.3 is 5.73 Å². The molecule has 2 aromatic rings. The summed E-state index contributed by atoms with van der Waals surface area (Å²) in [6.45, 7) is 1.67. The second kappa shape index (κ2) is 6.83. The molecule has 0 saturated carbocycles. The van der Waals surface area contributed by atoms with E-state index < -0.39 is 17.2 Å². The highest BCUT2D eigenvalue weighted by atomic mass is 32.2. The number of hydrogen-bond donors (Lipinski definition) is 2. The number of aromatic nitrogens is 2. The Labute approximate surface area is 134 Å². The second-order valence-electron chi connectivity index (χ2n) is 3.99. The maximum atomic E-state index is 11.6. The topological polar surface area (TPSA) is 90.0 Å². The minimum Gasteiger partial charge on any atom is -0.351 e. The van der Waals surface area contributed by atoms with E-state index in [1.807, 2.05) is 35.6 Å². The summed E-state index contributed by atoms with van der Waals surface area (Å²) in [5.74, 6) is -0.458. The molecule has 0 unspecified atom stereocenters. The van der Waals surface area contributed by atoms with Crippen molar-refractivity contribution in [3.63, 3.8) is 0 Å². The molecule has 9 heteroatoms. The first-order chi connectivity index (χ1) is 9.97. The van der Waals surface area contributed by atoms with Crippen molar-refractivity contribution in [2.45, 2.75) is 16.5 Å². The average molecular weight is 340 g/mol. The van der Waals surface area contributed by atoms with Gasteiger partial charge in [-0.15, -0.1) is 5.10 Å². The number of nitrogens with zero attached hydrogens (tertiary/aromatic N) is 2. The lowest BCUT2D eigenvalue weighted by molar-refractivity contribution is -0.119. The van der Waals surface area contributed by atoms with Crippen LogP contribution in [0.4, 0.5) is 4.79 Å². The summed E-state index contributed by atoms with van der Waals surface area (Å²) in [5.41, 5.74) is 5.78. The van der Waals surface area contributed by atoms with Gasteiger partial charge in [-0.25, -0.2) is 9.48 Å². The number of hydrogen-bond acceptors (Lipinski definition) is 6. The number of carbonyl (C=O) groups excluding carboxylic acids is 2. The highest BCUT2D eigenvalue weighted by Crippen LogP contribution is 2.27. The molecule has 2 rings (SSSR count). The van der Waals surface area contributed by atoms with Gasteiger partial charge in [0.2, 0.25) is 5.91 Å². The summed E-state index contributed by atoms with van der Waals surface area (Å²) < 4.78 is 2.88. The normalized spacial score (nSPS) is 11.9. The van der Waals surface area contributed by atoms with Crippen LogP contribution in [0.15, 0.2) is 34.7 Å². The number of benzene rings is 1. The van der Waals surface area contributed by atoms with Crippen LogP contribution >= 0.6 is 35.3 Å². The minimum atomic E-state index is -0.866. The van der Waals surface area contributed by atoms with E-state index in [1.54, 1.807) is 11.6 Å². The molecule has 0 radical (unpaired) electrons. The van der Waals surface area contributed by atoms with Crippen LogP contribution in [-0.4, -0.2) is 27.0 Å². The lowest BCUT2D eigenvalue weighted by Crippen LogP contribution is -2.39. The van der Waals surface area contributed by atoms with Gasteiger partial charge in [0, 0.05) is 0 Å². The standard InChI is InChI=1S/C12H12N4O2S3/c1-7(9(17)14-10(13)18)20-11-15-16(12(19)21-11)8-5-3-2-4-6-8/h2-7H,1H3,(H3,13,14,17,18)/t7-/m1/s1. The summed E-state index contributed by atoms with van der Waals surface area (Å²) in [4.78, 5) is 22.3. The van der Waals surface area contributed by atoms with Gasteiger partial charge in [-0.05, 0) is 31.3 Å². The third-order valence-corrected chi connectivity index (χ3v) is 4.84. The SMILES string of the molecule is C[C@@H](Sc1nn(-c2ccccc2)c(=S)s1)C(=O)NC(N)=O. The predicted molar refractivity (Wildman–Crippen MR) is 85.3 cm³/mol. The van der Waals surface area contributed by atoms with Crippen molar-refractivity contribution >= 4 is 47.3 Å². The molecule has 1 aromatic heterocycles. The van der Waals surface area contributed by atoms with E-state index >= 15 is 0 Å². The zero-order chi connectivity index (χ0) is 15.4. The third-order valence-electron chi connectivity index (χ3n) is 2.42. The zero-order valence-corrected chi connectivity index (χ0v) is 13.4. The predicted octanol–water partition coefficient (Wildman–Crippen LogP) is 2.34. The molecule has 0 bridgehead atoms. The van der Waals surface area contributed by atoms with Crippen LogP contribution in [0.3, 0.4) is 0 Å². The van der Waals surface area contributed by atoms with E-state index in [0.717, 1.165) is 5.69 Å². The Morgan fingerprint density at radius 2 is 2.10 bits per heavy atom. The number of primary amides is 1. The van der Waals surface area contributed by atoms with E-state index in [4.69, 9.17) is 18.0 Å². The van der Waals surface area contributed by atoms with Crippen LogP contribution < -0.4 is 11.1 Å². The van der Waals surface area contributed by atoms with E-state index in [2.05, 4.69) is 5.10 Å². The van der Waals surface area contributed by atoms with Crippen molar-refractivity contribution in [3.05, 3.63) is 34.3 Å². The van der Waals surface area contributed by atoms with Gasteiger partial charge in [-0.1, -0.05) is 41.3 Å². The fourth-order valence-electron chi connectivity index (χ4n) is 1.47. The molecule has 0 aliphatic rings. The summed E-state index contributed by atoms with van der Waals surface area (Å²) in [5, 5.41) is 5.92. The Morgan fingerprint density at radius 3 is 2.71 bits per heavy atom. The largest absolute Gasteiger partial charge is 0.351 e. The van der Waals surface area contributed by atoms with E-state index in [-0.39, 0.29) is 0 Å². The van der Waals surface area contributed by atoms with Gasteiger partial charge in [-0.2, -0.15) is 0 Å². The van der Waals surface area contributed by atoms with Crippen molar-refractivity contribution in [2.24, 2.45) is 5.73 Å². The quantitative estimate of drug-likeness (QED) is 0.658. The first-order valence-corrected chi connectivity index (χ1v) is 8.00. The van der Waals surface area contributed by atoms with Gasteiger partial charge in [0.1, 0.15) is 0 Å². The Morgan fingerprint density at radius 1 is 1.43 bits per heavy atom. The Balaban J connectivity index is 2.15. The highest BCUT2D eigenvalue weighted by molar-refractivity contribution is 8.02. The molecule has 6 nitrogen and oxygen atoms in total. The molecule has 3 N–H and O–H groups in total. The third kappa shape index (κ3) is 4.13. The van der Waals surface area contributed by atoms with E-state index in [0.29, 0.717) is 8.29 Å². The number of imide groups is 1. The van der Waals surface area contributed by atoms with Crippen LogP contribution in [0.25, 0.3) is 5.69 Å². The van der Waals surface area contributed by atoms with Crippen molar-refractivity contribution < 1.29 is 9.59 Å². The molecule has 3 amide bonds. The van der Waals surface area contributed by atoms with E-state index in [1.165, 1.54) is 23.1 Å². The maximum Gasteiger partial charge on any atom is 0.318 e. The molecular formula is C12H12N4O2S3. The van der Waals surface area contributed by atoms with Crippen LogP contribution in [0, 0.1) is 3.95 Å². The average Bonchev–Trinajstić information content (AvgIpc) is 2.79. The number of nitrogens with one attached hydrogen (secondary N) is 1. The van der Waals surface area contributed by atoms with Crippen LogP contribution in [0.2, 0.25) is 0 Å².